The lowest BCUT2D eigenvalue weighted by atomic mass is 10.1. The van der Waals surface area contributed by atoms with Crippen LogP contribution < -0.4 is 0 Å². The van der Waals surface area contributed by atoms with Crippen molar-refractivity contribution in [3.05, 3.63) is 24.2 Å². The summed E-state index contributed by atoms with van der Waals surface area (Å²) in [6.07, 6.45) is 2.82. The summed E-state index contributed by atoms with van der Waals surface area (Å²) < 4.78 is 27.0. The molecule has 0 unspecified atom stereocenters. The molecular formula is C11H14O5. The summed E-state index contributed by atoms with van der Waals surface area (Å²) in [5.41, 5.74) is 1.01. The summed E-state index contributed by atoms with van der Waals surface area (Å²) in [7, 11) is 0. The lowest BCUT2D eigenvalue weighted by Crippen LogP contribution is -2.33. The second kappa shape index (κ2) is 4.18. The highest BCUT2D eigenvalue weighted by atomic mass is 16.8. The Kier molecular flexibility index (Phi) is 2.69. The predicted octanol–water partition coefficient (Wildman–Crippen LogP) is 1.28. The maximum Gasteiger partial charge on any atom is 0.189 e. The van der Waals surface area contributed by atoms with Gasteiger partial charge in [-0.15, -0.1) is 0 Å². The Morgan fingerprint density at radius 3 is 3.19 bits per heavy atom. The number of hydrogen-bond acceptors (Lipinski definition) is 5. The molecule has 0 aliphatic carbocycles. The molecule has 0 amide bonds. The second-order valence-electron chi connectivity index (χ2n) is 4.03. The molecule has 1 aromatic rings. The summed E-state index contributed by atoms with van der Waals surface area (Å²) >= 11 is 0. The fourth-order valence-corrected chi connectivity index (χ4v) is 2.08. The van der Waals surface area contributed by atoms with Crippen LogP contribution in [-0.4, -0.2) is 31.4 Å². The van der Waals surface area contributed by atoms with Gasteiger partial charge in [0.25, 0.3) is 0 Å². The zero-order valence-electron chi connectivity index (χ0n) is 9.00. The first kappa shape index (κ1) is 10.3. The van der Waals surface area contributed by atoms with Crippen molar-refractivity contribution in [3.8, 4) is 0 Å². The third kappa shape index (κ3) is 1.76. The molecular weight excluding hydrogens is 212 g/mol. The van der Waals surface area contributed by atoms with E-state index in [4.69, 9.17) is 23.4 Å². The third-order valence-electron chi connectivity index (χ3n) is 2.92. The van der Waals surface area contributed by atoms with Gasteiger partial charge in [0.2, 0.25) is 0 Å². The van der Waals surface area contributed by atoms with Crippen molar-refractivity contribution in [2.75, 3.05) is 6.79 Å². The summed E-state index contributed by atoms with van der Waals surface area (Å²) in [6.45, 7) is 2.75. The molecule has 3 heterocycles. The first-order chi connectivity index (χ1) is 7.84. The van der Waals surface area contributed by atoms with Gasteiger partial charge in [-0.1, -0.05) is 0 Å². The molecule has 0 saturated carbocycles. The van der Waals surface area contributed by atoms with E-state index < -0.39 is 0 Å². The second-order valence-corrected chi connectivity index (χ2v) is 4.03. The van der Waals surface area contributed by atoms with Gasteiger partial charge in [0, 0.05) is 5.56 Å². The average molecular weight is 226 g/mol. The number of fused-ring (bicyclic) bond motifs is 1. The Morgan fingerprint density at radius 2 is 2.38 bits per heavy atom. The molecule has 4 atom stereocenters. The van der Waals surface area contributed by atoms with E-state index in [1.165, 1.54) is 0 Å². The highest BCUT2D eigenvalue weighted by molar-refractivity contribution is 5.03. The molecule has 5 heteroatoms. The molecule has 1 aromatic heterocycles. The largest absolute Gasteiger partial charge is 0.472 e. The minimum absolute atomic E-state index is 0.0119. The van der Waals surface area contributed by atoms with E-state index in [-0.39, 0.29) is 31.4 Å². The van der Waals surface area contributed by atoms with E-state index >= 15 is 0 Å². The molecule has 2 fully saturated rings. The van der Waals surface area contributed by atoms with Gasteiger partial charge in [0.1, 0.15) is 12.2 Å². The molecule has 0 spiro atoms. The molecule has 2 aliphatic rings. The molecule has 16 heavy (non-hydrogen) atoms. The van der Waals surface area contributed by atoms with E-state index in [1.54, 1.807) is 12.5 Å². The van der Waals surface area contributed by atoms with Gasteiger partial charge in [0.15, 0.2) is 13.1 Å². The van der Waals surface area contributed by atoms with Crippen LogP contribution >= 0.6 is 0 Å². The molecule has 88 valence electrons. The van der Waals surface area contributed by atoms with Gasteiger partial charge in [-0.05, 0) is 13.0 Å². The van der Waals surface area contributed by atoms with Crippen LogP contribution in [-0.2, 0) is 25.6 Å². The summed E-state index contributed by atoms with van der Waals surface area (Å²) in [5, 5.41) is 0. The number of hydrogen-bond donors (Lipinski definition) is 0. The maximum atomic E-state index is 5.78. The molecule has 0 aromatic carbocycles. The molecule has 0 N–H and O–H groups in total. The van der Waals surface area contributed by atoms with E-state index in [0.717, 1.165) is 5.56 Å². The normalized spacial score (nSPS) is 37.8. The van der Waals surface area contributed by atoms with Crippen LogP contribution in [0.2, 0.25) is 0 Å². The lowest BCUT2D eigenvalue weighted by molar-refractivity contribution is -0.129. The minimum Gasteiger partial charge on any atom is -0.472 e. The first-order valence-electron chi connectivity index (χ1n) is 5.36. The van der Waals surface area contributed by atoms with Crippen molar-refractivity contribution in [1.82, 2.24) is 0 Å². The minimum atomic E-state index is -0.274. The van der Waals surface area contributed by atoms with Gasteiger partial charge in [-0.2, -0.15) is 0 Å². The monoisotopic (exact) mass is 226 g/mol. The topological polar surface area (TPSA) is 50.1 Å². The Balaban J connectivity index is 1.61. The van der Waals surface area contributed by atoms with Crippen molar-refractivity contribution >= 4 is 0 Å². The van der Waals surface area contributed by atoms with E-state index in [1.807, 2.05) is 13.0 Å². The quantitative estimate of drug-likeness (QED) is 0.777. The van der Waals surface area contributed by atoms with Crippen molar-refractivity contribution in [1.29, 1.82) is 0 Å². The van der Waals surface area contributed by atoms with Crippen LogP contribution in [0.1, 0.15) is 12.5 Å². The lowest BCUT2D eigenvalue weighted by Gasteiger charge is -2.18. The number of furan rings is 1. The van der Waals surface area contributed by atoms with Crippen LogP contribution in [0.4, 0.5) is 0 Å². The molecule has 5 nitrogen and oxygen atoms in total. The van der Waals surface area contributed by atoms with Gasteiger partial charge in [0.05, 0.1) is 25.2 Å². The summed E-state index contributed by atoms with van der Waals surface area (Å²) in [4.78, 5) is 0. The van der Waals surface area contributed by atoms with Crippen LogP contribution in [0.5, 0.6) is 0 Å². The Morgan fingerprint density at radius 1 is 1.44 bits per heavy atom. The number of rotatable bonds is 3. The van der Waals surface area contributed by atoms with Gasteiger partial charge >= 0.3 is 0 Å². The van der Waals surface area contributed by atoms with E-state index in [9.17, 15) is 0 Å². The summed E-state index contributed by atoms with van der Waals surface area (Å²) in [6, 6.07) is 1.88. The highest BCUT2D eigenvalue weighted by Crippen LogP contribution is 2.31. The zero-order valence-corrected chi connectivity index (χ0v) is 9.00. The van der Waals surface area contributed by atoms with Crippen LogP contribution in [0.25, 0.3) is 0 Å². The zero-order chi connectivity index (χ0) is 11.0. The first-order valence-corrected chi connectivity index (χ1v) is 5.36. The van der Waals surface area contributed by atoms with E-state index in [2.05, 4.69) is 0 Å². The average Bonchev–Trinajstić information content (AvgIpc) is 2.92. The molecule has 0 radical (unpaired) electrons. The Bertz CT molecular complexity index is 336. The van der Waals surface area contributed by atoms with Crippen molar-refractivity contribution in [2.24, 2.45) is 0 Å². The molecule has 2 saturated heterocycles. The van der Waals surface area contributed by atoms with Crippen LogP contribution in [0.3, 0.4) is 0 Å². The smallest absolute Gasteiger partial charge is 0.189 e. The van der Waals surface area contributed by atoms with Gasteiger partial charge in [-0.3, -0.25) is 0 Å². The van der Waals surface area contributed by atoms with Crippen molar-refractivity contribution < 1.29 is 23.4 Å². The summed E-state index contributed by atoms with van der Waals surface area (Å²) in [5.74, 6) is 0. The molecule has 2 aliphatic heterocycles. The standard InChI is InChI=1S/C11H14O5/c1-7-9(10-11(16-7)15-6-14-10)13-5-8-2-3-12-4-8/h2-4,7,9-11H,5-6H2,1H3/t7-,9+,10-,11+/m1/s1. The SMILES string of the molecule is C[C@H]1O[C@@H]2OCO[C@@H]2[C@H]1OCc1ccoc1. The molecule has 3 rings (SSSR count). The fraction of sp³-hybridized carbons (Fsp3) is 0.636. The van der Waals surface area contributed by atoms with E-state index in [0.29, 0.717) is 6.61 Å². The van der Waals surface area contributed by atoms with Crippen molar-refractivity contribution in [2.45, 2.75) is 38.1 Å². The predicted molar refractivity (Wildman–Crippen MR) is 52.4 cm³/mol. The maximum absolute atomic E-state index is 5.78. The third-order valence-corrected chi connectivity index (χ3v) is 2.92. The van der Waals surface area contributed by atoms with Crippen LogP contribution in [0.15, 0.2) is 23.0 Å². The fourth-order valence-electron chi connectivity index (χ4n) is 2.08. The van der Waals surface area contributed by atoms with Gasteiger partial charge < -0.3 is 23.4 Å². The highest BCUT2D eigenvalue weighted by Gasteiger charge is 2.48. The van der Waals surface area contributed by atoms with Gasteiger partial charge in [-0.25, -0.2) is 0 Å². The molecule has 0 bridgehead atoms. The number of ether oxygens (including phenoxy) is 4. The van der Waals surface area contributed by atoms with Crippen molar-refractivity contribution in [3.63, 3.8) is 0 Å². The Labute approximate surface area is 93.2 Å². The Hall–Kier alpha value is -0.880. The van der Waals surface area contributed by atoms with Crippen LogP contribution in [0, 0.1) is 0 Å².